The summed E-state index contributed by atoms with van der Waals surface area (Å²) in [5.74, 6) is -1.11. The lowest BCUT2D eigenvalue weighted by Gasteiger charge is -2.37. The van der Waals surface area contributed by atoms with Gasteiger partial charge in [-0.3, -0.25) is 9.59 Å². The molecule has 0 radical (unpaired) electrons. The number of rotatable bonds is 6. The maximum absolute atomic E-state index is 12.4. The number of benzene rings is 2. The number of allylic oxidation sites excluding steroid dienone is 2. The number of carbonyl (C=O) groups is 3. The van der Waals surface area contributed by atoms with E-state index in [0.717, 1.165) is 23.2 Å². The van der Waals surface area contributed by atoms with Crippen molar-refractivity contribution in [2.45, 2.75) is 24.8 Å². The van der Waals surface area contributed by atoms with Gasteiger partial charge in [0.2, 0.25) is 0 Å². The van der Waals surface area contributed by atoms with Crippen LogP contribution in [0.15, 0.2) is 54.6 Å². The number of carbonyl (C=O) groups excluding carboxylic acids is 2. The third-order valence-corrected chi connectivity index (χ3v) is 5.94. The van der Waals surface area contributed by atoms with Crippen LogP contribution >= 0.6 is 0 Å². The molecule has 2 aliphatic rings. The predicted octanol–water partition coefficient (Wildman–Crippen LogP) is 3.50. The van der Waals surface area contributed by atoms with Gasteiger partial charge in [-0.15, -0.1) is 0 Å². The van der Waals surface area contributed by atoms with Crippen molar-refractivity contribution in [2.75, 3.05) is 19.0 Å². The molecular weight excluding hydrogens is 396 g/mol. The summed E-state index contributed by atoms with van der Waals surface area (Å²) in [6.45, 7) is 0.0963. The summed E-state index contributed by atoms with van der Waals surface area (Å²) in [5.41, 5.74) is 4.16. The highest BCUT2D eigenvalue weighted by Crippen LogP contribution is 2.49. The van der Waals surface area contributed by atoms with Gasteiger partial charge in [-0.2, -0.15) is 0 Å². The average molecular weight is 420 g/mol. The van der Waals surface area contributed by atoms with Gasteiger partial charge < -0.3 is 20.5 Å². The second kappa shape index (κ2) is 8.63. The Morgan fingerprint density at radius 3 is 2.58 bits per heavy atom. The first-order valence-corrected chi connectivity index (χ1v) is 10.2. The highest BCUT2D eigenvalue weighted by Gasteiger charge is 2.38. The van der Waals surface area contributed by atoms with Crippen molar-refractivity contribution in [3.05, 3.63) is 76.9 Å². The van der Waals surface area contributed by atoms with Gasteiger partial charge in [0.05, 0.1) is 25.1 Å². The Morgan fingerprint density at radius 1 is 1.13 bits per heavy atom. The fraction of sp³-hybridized carbons (Fsp3) is 0.292. The van der Waals surface area contributed by atoms with E-state index in [4.69, 9.17) is 9.84 Å². The number of fused-ring (bicyclic) bond motifs is 3. The van der Waals surface area contributed by atoms with Crippen LogP contribution in [0.4, 0.5) is 5.69 Å². The Morgan fingerprint density at radius 2 is 1.87 bits per heavy atom. The maximum Gasteiger partial charge on any atom is 0.337 e. The summed E-state index contributed by atoms with van der Waals surface area (Å²) in [6, 6.07) is 13.1. The Labute approximate surface area is 180 Å². The normalized spacial score (nSPS) is 20.9. The minimum absolute atomic E-state index is 0.0782. The van der Waals surface area contributed by atoms with Crippen LogP contribution in [0.25, 0.3) is 0 Å². The lowest BCUT2D eigenvalue weighted by atomic mass is 9.76. The maximum atomic E-state index is 12.4. The average Bonchev–Trinajstić information content (AvgIpc) is 3.28. The molecule has 4 rings (SSSR count). The summed E-state index contributed by atoms with van der Waals surface area (Å²) in [4.78, 5) is 34.8. The van der Waals surface area contributed by atoms with E-state index in [1.807, 2.05) is 24.3 Å². The quantitative estimate of drug-likeness (QED) is 0.488. The number of amides is 1. The third-order valence-electron chi connectivity index (χ3n) is 5.94. The predicted molar refractivity (Wildman–Crippen MR) is 115 cm³/mol. The van der Waals surface area contributed by atoms with Gasteiger partial charge in [0.1, 0.15) is 0 Å². The molecule has 0 spiro atoms. The monoisotopic (exact) mass is 420 g/mol. The Balaban J connectivity index is 1.57. The number of carboxylic acids is 1. The summed E-state index contributed by atoms with van der Waals surface area (Å²) in [7, 11) is 1.37. The minimum atomic E-state index is -0.945. The largest absolute Gasteiger partial charge is 0.481 e. The van der Waals surface area contributed by atoms with Gasteiger partial charge in [-0.1, -0.05) is 24.3 Å². The van der Waals surface area contributed by atoms with Crippen LogP contribution in [-0.4, -0.2) is 36.6 Å². The lowest BCUT2D eigenvalue weighted by Crippen LogP contribution is -2.30. The van der Waals surface area contributed by atoms with Crippen molar-refractivity contribution in [2.24, 2.45) is 5.92 Å². The van der Waals surface area contributed by atoms with Crippen LogP contribution in [-0.2, 0) is 9.53 Å². The van der Waals surface area contributed by atoms with Crippen molar-refractivity contribution >= 4 is 23.5 Å². The molecule has 0 unspecified atom stereocenters. The van der Waals surface area contributed by atoms with E-state index in [9.17, 15) is 14.4 Å². The number of ether oxygens (including phenoxy) is 1. The van der Waals surface area contributed by atoms with E-state index in [1.54, 1.807) is 18.2 Å². The van der Waals surface area contributed by atoms with Crippen LogP contribution in [0.3, 0.4) is 0 Å². The summed E-state index contributed by atoms with van der Waals surface area (Å²) in [6.07, 6.45) is 5.16. The molecule has 0 fully saturated rings. The van der Waals surface area contributed by atoms with Gasteiger partial charge in [0, 0.05) is 23.7 Å². The topological polar surface area (TPSA) is 105 Å². The van der Waals surface area contributed by atoms with Gasteiger partial charge in [0.15, 0.2) is 0 Å². The van der Waals surface area contributed by atoms with Crippen LogP contribution in [0.5, 0.6) is 0 Å². The highest BCUT2D eigenvalue weighted by molar-refractivity contribution is 5.95. The van der Waals surface area contributed by atoms with Crippen molar-refractivity contribution < 1.29 is 24.2 Å². The standard InChI is InChI=1S/C24H24N2O5/c1-31-24(30)15-7-5-14(6-8-15)22-18-4-2-3-17(18)19-13-16(9-10-20(19)26-22)23(29)25-12-11-21(27)28/h2-3,5-10,13,17-18,22,26H,4,11-12H2,1H3,(H,25,29)(H,27,28)/t17-,18+,22-/m0/s1. The van der Waals surface area contributed by atoms with E-state index in [2.05, 4.69) is 22.8 Å². The number of hydrogen-bond donors (Lipinski definition) is 3. The van der Waals surface area contributed by atoms with E-state index in [0.29, 0.717) is 17.0 Å². The molecule has 31 heavy (non-hydrogen) atoms. The van der Waals surface area contributed by atoms with Crippen LogP contribution in [0.2, 0.25) is 0 Å². The number of methoxy groups -OCH3 is 1. The molecule has 1 amide bonds. The zero-order chi connectivity index (χ0) is 22.0. The summed E-state index contributed by atoms with van der Waals surface area (Å²) in [5, 5.41) is 15.0. The number of hydrogen-bond acceptors (Lipinski definition) is 5. The smallest absolute Gasteiger partial charge is 0.337 e. The number of carboxylic acid groups (broad SMARTS) is 1. The van der Waals surface area contributed by atoms with Crippen LogP contribution < -0.4 is 10.6 Å². The minimum Gasteiger partial charge on any atom is -0.481 e. The number of anilines is 1. The molecule has 0 saturated carbocycles. The van der Waals surface area contributed by atoms with Crippen molar-refractivity contribution in [1.82, 2.24) is 5.32 Å². The number of esters is 1. The van der Waals surface area contributed by atoms with Gasteiger partial charge >= 0.3 is 11.9 Å². The molecule has 2 aromatic carbocycles. The molecule has 0 bridgehead atoms. The molecular formula is C24H24N2O5. The second-order valence-corrected chi connectivity index (χ2v) is 7.79. The van der Waals surface area contributed by atoms with Gasteiger partial charge in [-0.25, -0.2) is 4.79 Å². The molecule has 3 atom stereocenters. The molecule has 2 aromatic rings. The molecule has 7 heteroatoms. The zero-order valence-electron chi connectivity index (χ0n) is 17.1. The van der Waals surface area contributed by atoms with Crippen LogP contribution in [0, 0.1) is 5.92 Å². The summed E-state index contributed by atoms with van der Waals surface area (Å²) < 4.78 is 4.78. The lowest BCUT2D eigenvalue weighted by molar-refractivity contribution is -0.136. The highest BCUT2D eigenvalue weighted by atomic mass is 16.5. The number of nitrogens with one attached hydrogen (secondary N) is 2. The molecule has 7 nitrogen and oxygen atoms in total. The molecule has 1 heterocycles. The van der Waals surface area contributed by atoms with Crippen molar-refractivity contribution in [3.63, 3.8) is 0 Å². The first-order valence-electron chi connectivity index (χ1n) is 10.2. The Kier molecular flexibility index (Phi) is 5.75. The first-order chi connectivity index (χ1) is 15.0. The van der Waals surface area contributed by atoms with E-state index >= 15 is 0 Å². The molecule has 0 aromatic heterocycles. The van der Waals surface area contributed by atoms with Crippen LogP contribution in [0.1, 0.15) is 56.6 Å². The third kappa shape index (κ3) is 4.17. The molecule has 1 aliphatic carbocycles. The zero-order valence-corrected chi connectivity index (χ0v) is 17.1. The van der Waals surface area contributed by atoms with E-state index < -0.39 is 5.97 Å². The molecule has 1 aliphatic heterocycles. The molecule has 0 saturated heterocycles. The fourth-order valence-electron chi connectivity index (χ4n) is 4.40. The first kappa shape index (κ1) is 20.7. The second-order valence-electron chi connectivity index (χ2n) is 7.79. The fourth-order valence-corrected chi connectivity index (χ4v) is 4.40. The SMILES string of the molecule is COC(=O)c1ccc([C@@H]2Nc3ccc(C(=O)NCCC(=O)O)cc3[C@H]3C=CC[C@H]32)cc1. The van der Waals surface area contributed by atoms with Crippen molar-refractivity contribution in [3.8, 4) is 0 Å². The molecule has 3 N–H and O–H groups in total. The Bertz CT molecular complexity index is 1040. The van der Waals surface area contributed by atoms with Gasteiger partial charge in [-0.05, 0) is 53.8 Å². The van der Waals surface area contributed by atoms with Crippen molar-refractivity contribution in [1.29, 1.82) is 0 Å². The molecule has 160 valence electrons. The van der Waals surface area contributed by atoms with Gasteiger partial charge in [0.25, 0.3) is 5.91 Å². The Hall–Kier alpha value is -3.61. The number of aliphatic carboxylic acids is 1. The summed E-state index contributed by atoms with van der Waals surface area (Å²) >= 11 is 0. The van der Waals surface area contributed by atoms with E-state index in [-0.39, 0.29) is 36.8 Å². The van der Waals surface area contributed by atoms with E-state index in [1.165, 1.54) is 7.11 Å².